The van der Waals surface area contributed by atoms with E-state index >= 15 is 0 Å². The first-order chi connectivity index (χ1) is 7.72. The van der Waals surface area contributed by atoms with Crippen molar-refractivity contribution in [2.45, 2.75) is 0 Å². The summed E-state index contributed by atoms with van der Waals surface area (Å²) in [6, 6.07) is 6.92. The Kier molecular flexibility index (Phi) is 2.89. The van der Waals surface area contributed by atoms with Gasteiger partial charge in [0.2, 0.25) is 0 Å². The van der Waals surface area contributed by atoms with Crippen molar-refractivity contribution in [2.75, 3.05) is 0 Å². The number of hydrogen-bond acceptors (Lipinski definition) is 4. The average molecular weight is 238 g/mol. The molecule has 1 aromatic heterocycles. The van der Waals surface area contributed by atoms with Gasteiger partial charge in [0, 0.05) is 10.6 Å². The third kappa shape index (κ3) is 1.91. The second kappa shape index (κ2) is 4.34. The SMILES string of the molecule is NNC(=O)c1ncoc1-c1cccc(Cl)c1. The summed E-state index contributed by atoms with van der Waals surface area (Å²) in [5, 5.41) is 0.549. The van der Waals surface area contributed by atoms with Gasteiger partial charge in [-0.3, -0.25) is 10.2 Å². The number of halogens is 1. The van der Waals surface area contributed by atoms with E-state index in [9.17, 15) is 4.79 Å². The van der Waals surface area contributed by atoms with Crippen molar-refractivity contribution in [3.8, 4) is 11.3 Å². The van der Waals surface area contributed by atoms with Crippen LogP contribution in [0.2, 0.25) is 5.02 Å². The molecule has 0 fully saturated rings. The van der Waals surface area contributed by atoms with E-state index < -0.39 is 5.91 Å². The van der Waals surface area contributed by atoms with E-state index in [1.807, 2.05) is 5.43 Å². The first-order valence-corrected chi connectivity index (χ1v) is 4.80. The summed E-state index contributed by atoms with van der Waals surface area (Å²) >= 11 is 5.84. The molecule has 0 saturated heterocycles. The van der Waals surface area contributed by atoms with E-state index in [-0.39, 0.29) is 5.69 Å². The first kappa shape index (κ1) is 10.7. The highest BCUT2D eigenvalue weighted by Gasteiger charge is 2.17. The van der Waals surface area contributed by atoms with Gasteiger partial charge in [-0.15, -0.1) is 0 Å². The van der Waals surface area contributed by atoms with Gasteiger partial charge in [-0.1, -0.05) is 23.7 Å². The van der Waals surface area contributed by atoms with Gasteiger partial charge in [-0.2, -0.15) is 0 Å². The zero-order valence-electron chi connectivity index (χ0n) is 8.11. The number of carbonyl (C=O) groups excluding carboxylic acids is 1. The Balaban J connectivity index is 2.48. The van der Waals surface area contributed by atoms with Gasteiger partial charge in [0.1, 0.15) is 0 Å². The van der Waals surface area contributed by atoms with Crippen LogP contribution in [-0.2, 0) is 0 Å². The van der Waals surface area contributed by atoms with Gasteiger partial charge < -0.3 is 4.42 Å². The van der Waals surface area contributed by atoms with Crippen molar-refractivity contribution >= 4 is 17.5 Å². The molecule has 2 aromatic rings. The van der Waals surface area contributed by atoms with Crippen LogP contribution < -0.4 is 11.3 Å². The number of oxazole rings is 1. The zero-order chi connectivity index (χ0) is 11.5. The number of aromatic nitrogens is 1. The minimum Gasteiger partial charge on any atom is -0.443 e. The van der Waals surface area contributed by atoms with Gasteiger partial charge in [0.25, 0.3) is 5.91 Å². The van der Waals surface area contributed by atoms with Crippen molar-refractivity contribution in [1.29, 1.82) is 0 Å². The quantitative estimate of drug-likeness (QED) is 0.472. The fourth-order valence-corrected chi connectivity index (χ4v) is 1.50. The molecule has 0 unspecified atom stereocenters. The van der Waals surface area contributed by atoms with Crippen LogP contribution in [-0.4, -0.2) is 10.9 Å². The summed E-state index contributed by atoms with van der Waals surface area (Å²) in [7, 11) is 0. The molecule has 0 aliphatic rings. The fourth-order valence-electron chi connectivity index (χ4n) is 1.31. The topological polar surface area (TPSA) is 81.1 Å². The predicted octanol–water partition coefficient (Wildman–Crippen LogP) is 1.60. The molecule has 5 nitrogen and oxygen atoms in total. The number of nitrogens with zero attached hydrogens (tertiary/aromatic N) is 1. The second-order valence-corrected chi connectivity index (χ2v) is 3.45. The lowest BCUT2D eigenvalue weighted by Crippen LogP contribution is -2.30. The van der Waals surface area contributed by atoms with Gasteiger partial charge in [0.15, 0.2) is 17.8 Å². The van der Waals surface area contributed by atoms with Gasteiger partial charge >= 0.3 is 0 Å². The van der Waals surface area contributed by atoms with Crippen LogP contribution in [0.15, 0.2) is 35.1 Å². The molecular formula is C10H8ClN3O2. The minimum atomic E-state index is -0.510. The Morgan fingerprint density at radius 2 is 2.31 bits per heavy atom. The zero-order valence-corrected chi connectivity index (χ0v) is 8.86. The number of amides is 1. The Morgan fingerprint density at radius 3 is 3.00 bits per heavy atom. The number of hydrogen-bond donors (Lipinski definition) is 2. The van der Waals surface area contributed by atoms with Crippen molar-refractivity contribution in [1.82, 2.24) is 10.4 Å². The van der Waals surface area contributed by atoms with Crippen LogP contribution in [0.4, 0.5) is 0 Å². The molecular weight excluding hydrogens is 230 g/mol. The highest BCUT2D eigenvalue weighted by atomic mass is 35.5. The highest BCUT2D eigenvalue weighted by molar-refractivity contribution is 6.30. The standard InChI is InChI=1S/C10H8ClN3O2/c11-7-3-1-2-6(4-7)9-8(10(15)14-12)13-5-16-9/h1-5H,12H2,(H,14,15). The molecule has 2 rings (SSSR count). The normalized spacial score (nSPS) is 10.1. The lowest BCUT2D eigenvalue weighted by molar-refractivity contribution is 0.0949. The van der Waals surface area contributed by atoms with E-state index in [1.165, 1.54) is 6.39 Å². The molecule has 3 N–H and O–H groups in total. The number of nitrogens with one attached hydrogen (secondary N) is 1. The van der Waals surface area contributed by atoms with Crippen LogP contribution in [0.3, 0.4) is 0 Å². The van der Waals surface area contributed by atoms with E-state index in [0.29, 0.717) is 16.3 Å². The number of benzene rings is 1. The Labute approximate surface area is 96.2 Å². The van der Waals surface area contributed by atoms with Crippen LogP contribution in [0.1, 0.15) is 10.5 Å². The molecule has 0 bridgehead atoms. The van der Waals surface area contributed by atoms with Gasteiger partial charge in [0.05, 0.1) is 0 Å². The highest BCUT2D eigenvalue weighted by Crippen LogP contribution is 2.25. The molecule has 82 valence electrons. The number of rotatable bonds is 2. The third-order valence-corrected chi connectivity index (χ3v) is 2.24. The molecule has 0 saturated carbocycles. The van der Waals surface area contributed by atoms with Gasteiger partial charge in [-0.05, 0) is 12.1 Å². The molecule has 1 amide bonds. The van der Waals surface area contributed by atoms with Crippen LogP contribution in [0.25, 0.3) is 11.3 Å². The summed E-state index contributed by atoms with van der Waals surface area (Å²) in [5.41, 5.74) is 2.80. The smallest absolute Gasteiger partial charge is 0.287 e. The molecule has 1 aromatic carbocycles. The second-order valence-electron chi connectivity index (χ2n) is 3.01. The number of nitrogens with two attached hydrogens (primary N) is 1. The maximum atomic E-state index is 11.4. The number of hydrazine groups is 1. The van der Waals surface area contributed by atoms with Crippen molar-refractivity contribution in [2.24, 2.45) is 5.84 Å². The van der Waals surface area contributed by atoms with E-state index in [0.717, 1.165) is 0 Å². The van der Waals surface area contributed by atoms with E-state index in [1.54, 1.807) is 24.3 Å². The summed E-state index contributed by atoms with van der Waals surface area (Å²) < 4.78 is 5.14. The summed E-state index contributed by atoms with van der Waals surface area (Å²) in [4.78, 5) is 15.2. The van der Waals surface area contributed by atoms with E-state index in [2.05, 4.69) is 4.98 Å². The molecule has 0 aliphatic heterocycles. The first-order valence-electron chi connectivity index (χ1n) is 4.42. The lowest BCUT2D eigenvalue weighted by atomic mass is 10.1. The molecule has 0 atom stereocenters. The number of carbonyl (C=O) groups is 1. The van der Waals surface area contributed by atoms with Crippen LogP contribution in [0, 0.1) is 0 Å². The van der Waals surface area contributed by atoms with Crippen molar-refractivity contribution < 1.29 is 9.21 Å². The largest absolute Gasteiger partial charge is 0.443 e. The Hall–Kier alpha value is -1.85. The summed E-state index contributed by atoms with van der Waals surface area (Å²) in [6.45, 7) is 0. The minimum absolute atomic E-state index is 0.129. The molecule has 0 radical (unpaired) electrons. The summed E-state index contributed by atoms with van der Waals surface area (Å²) in [5.74, 6) is 4.86. The third-order valence-electron chi connectivity index (χ3n) is 2.00. The maximum Gasteiger partial charge on any atom is 0.287 e. The van der Waals surface area contributed by atoms with Gasteiger partial charge in [-0.25, -0.2) is 10.8 Å². The molecule has 0 aliphatic carbocycles. The molecule has 16 heavy (non-hydrogen) atoms. The average Bonchev–Trinajstić information content (AvgIpc) is 2.77. The van der Waals surface area contributed by atoms with Crippen molar-refractivity contribution in [3.63, 3.8) is 0 Å². The number of nitrogen functional groups attached to an aromatic ring is 1. The summed E-state index contributed by atoms with van der Waals surface area (Å²) in [6.07, 6.45) is 1.18. The fraction of sp³-hybridized carbons (Fsp3) is 0. The van der Waals surface area contributed by atoms with E-state index in [4.69, 9.17) is 21.9 Å². The monoisotopic (exact) mass is 237 g/mol. The lowest BCUT2D eigenvalue weighted by Gasteiger charge is -2.00. The van der Waals surface area contributed by atoms with Crippen LogP contribution in [0.5, 0.6) is 0 Å². The molecule has 0 spiro atoms. The maximum absolute atomic E-state index is 11.4. The Bertz CT molecular complexity index is 524. The molecule has 1 heterocycles. The van der Waals surface area contributed by atoms with Crippen molar-refractivity contribution in [3.05, 3.63) is 41.4 Å². The Morgan fingerprint density at radius 1 is 1.50 bits per heavy atom. The van der Waals surface area contributed by atoms with Crippen LogP contribution >= 0.6 is 11.6 Å². The molecule has 6 heteroatoms. The predicted molar refractivity (Wildman–Crippen MR) is 58.6 cm³/mol.